The van der Waals surface area contributed by atoms with Crippen LogP contribution in [0.5, 0.6) is 5.88 Å². The molecule has 9 heteroatoms. The summed E-state index contributed by atoms with van der Waals surface area (Å²) in [4.78, 5) is 10.9. The van der Waals surface area contributed by atoms with Crippen LogP contribution < -0.4 is 9.64 Å². The molecular weight excluding hydrogens is 380 g/mol. The lowest BCUT2D eigenvalue weighted by Crippen LogP contribution is -2.34. The lowest BCUT2D eigenvalue weighted by Gasteiger charge is -2.30. The van der Waals surface area contributed by atoms with E-state index >= 15 is 0 Å². The molecule has 1 aliphatic heterocycles. The van der Waals surface area contributed by atoms with Crippen molar-refractivity contribution in [1.29, 1.82) is 0 Å². The number of aromatic nitrogens is 3. The molecule has 0 bridgehead atoms. The standard InChI is InChI=1S/C19H28N4O4S/c1-14(2)18-21-19(27-22-18)23-10-8-15(9-11-23)5-4-12-26-17-7-6-16(13-20-17)28(3,24)25/h6-7,13-15H,4-5,8-12H2,1-3H3. The van der Waals surface area contributed by atoms with Crippen LogP contribution in [0.15, 0.2) is 27.7 Å². The summed E-state index contributed by atoms with van der Waals surface area (Å²) in [6.07, 6.45) is 6.73. The molecule has 2 aromatic heterocycles. The number of rotatable bonds is 8. The highest BCUT2D eigenvalue weighted by atomic mass is 32.2. The topological polar surface area (TPSA) is 98.4 Å². The van der Waals surface area contributed by atoms with E-state index in [1.807, 2.05) is 0 Å². The molecule has 8 nitrogen and oxygen atoms in total. The molecular formula is C19H28N4O4S. The van der Waals surface area contributed by atoms with Gasteiger partial charge >= 0.3 is 6.01 Å². The van der Waals surface area contributed by atoms with E-state index in [9.17, 15) is 8.42 Å². The minimum Gasteiger partial charge on any atom is -0.478 e. The summed E-state index contributed by atoms with van der Waals surface area (Å²) in [6.45, 7) is 6.55. The van der Waals surface area contributed by atoms with Crippen molar-refractivity contribution in [2.45, 2.75) is 50.3 Å². The lowest BCUT2D eigenvalue weighted by molar-refractivity contribution is 0.269. The predicted molar refractivity (Wildman–Crippen MR) is 105 cm³/mol. The summed E-state index contributed by atoms with van der Waals surface area (Å²) in [7, 11) is -3.22. The summed E-state index contributed by atoms with van der Waals surface area (Å²) in [5, 5.41) is 4.03. The number of hydrogen-bond donors (Lipinski definition) is 0. The van der Waals surface area contributed by atoms with Gasteiger partial charge in [0.05, 0.1) is 11.5 Å². The van der Waals surface area contributed by atoms with Gasteiger partial charge in [-0.3, -0.25) is 0 Å². The van der Waals surface area contributed by atoms with E-state index in [2.05, 4.69) is 33.9 Å². The van der Waals surface area contributed by atoms with E-state index in [1.54, 1.807) is 6.07 Å². The van der Waals surface area contributed by atoms with Crippen LogP contribution in [0.25, 0.3) is 0 Å². The second kappa shape index (κ2) is 8.89. The van der Waals surface area contributed by atoms with Gasteiger partial charge in [-0.1, -0.05) is 19.0 Å². The van der Waals surface area contributed by atoms with Crippen LogP contribution in [-0.4, -0.2) is 49.5 Å². The molecule has 0 saturated carbocycles. The summed E-state index contributed by atoms with van der Waals surface area (Å²) < 4.78 is 33.9. The molecule has 3 heterocycles. The van der Waals surface area contributed by atoms with Crippen molar-refractivity contribution >= 4 is 15.9 Å². The van der Waals surface area contributed by atoms with Crippen molar-refractivity contribution in [2.75, 3.05) is 30.9 Å². The zero-order chi connectivity index (χ0) is 20.1. The van der Waals surface area contributed by atoms with Gasteiger partial charge in [0.15, 0.2) is 15.7 Å². The Morgan fingerprint density at radius 1 is 1.29 bits per heavy atom. The van der Waals surface area contributed by atoms with Gasteiger partial charge in [0.2, 0.25) is 5.88 Å². The van der Waals surface area contributed by atoms with E-state index in [4.69, 9.17) is 9.26 Å². The van der Waals surface area contributed by atoms with Crippen molar-refractivity contribution < 1.29 is 17.7 Å². The number of ether oxygens (including phenoxy) is 1. The van der Waals surface area contributed by atoms with E-state index in [0.29, 0.717) is 24.4 Å². The molecule has 28 heavy (non-hydrogen) atoms. The largest absolute Gasteiger partial charge is 0.478 e. The fourth-order valence-electron chi connectivity index (χ4n) is 3.22. The summed E-state index contributed by atoms with van der Waals surface area (Å²) in [6, 6.07) is 3.76. The van der Waals surface area contributed by atoms with E-state index in [1.165, 1.54) is 12.3 Å². The second-order valence-electron chi connectivity index (χ2n) is 7.62. The number of sulfone groups is 1. The molecule has 0 aromatic carbocycles. The van der Waals surface area contributed by atoms with Gasteiger partial charge in [0.1, 0.15) is 0 Å². The molecule has 0 radical (unpaired) electrons. The highest BCUT2D eigenvalue weighted by molar-refractivity contribution is 7.90. The Morgan fingerprint density at radius 2 is 2.04 bits per heavy atom. The Hall–Kier alpha value is -2.16. The van der Waals surface area contributed by atoms with Crippen LogP contribution in [0.4, 0.5) is 6.01 Å². The van der Waals surface area contributed by atoms with Gasteiger partial charge < -0.3 is 14.2 Å². The normalized spacial score (nSPS) is 15.9. The molecule has 0 amide bonds. The van der Waals surface area contributed by atoms with Crippen molar-refractivity contribution in [3.63, 3.8) is 0 Å². The first-order chi connectivity index (χ1) is 13.3. The van der Waals surface area contributed by atoms with E-state index < -0.39 is 9.84 Å². The van der Waals surface area contributed by atoms with Gasteiger partial charge in [-0.2, -0.15) is 4.98 Å². The smallest absolute Gasteiger partial charge is 0.324 e. The van der Waals surface area contributed by atoms with Crippen molar-refractivity contribution in [2.24, 2.45) is 5.92 Å². The van der Waals surface area contributed by atoms with Crippen LogP contribution >= 0.6 is 0 Å². The molecule has 0 atom stereocenters. The van der Waals surface area contributed by atoms with Crippen LogP contribution in [-0.2, 0) is 9.84 Å². The predicted octanol–water partition coefficient (Wildman–Crippen LogP) is 3.07. The zero-order valence-corrected chi connectivity index (χ0v) is 17.5. The molecule has 0 spiro atoms. The number of nitrogens with zero attached hydrogens (tertiary/aromatic N) is 4. The minimum atomic E-state index is -3.22. The average molecular weight is 409 g/mol. The van der Waals surface area contributed by atoms with E-state index in [0.717, 1.165) is 50.9 Å². The Kier molecular flexibility index (Phi) is 6.53. The Bertz CT molecular complexity index is 856. The number of piperidine rings is 1. The van der Waals surface area contributed by atoms with Crippen LogP contribution in [0, 0.1) is 5.92 Å². The van der Waals surface area contributed by atoms with Crippen molar-refractivity contribution in [3.05, 3.63) is 24.2 Å². The summed E-state index contributed by atoms with van der Waals surface area (Å²) in [5.41, 5.74) is 0. The first kappa shape index (κ1) is 20.6. The summed E-state index contributed by atoms with van der Waals surface area (Å²) in [5.74, 6) is 2.15. The van der Waals surface area contributed by atoms with Crippen LogP contribution in [0.3, 0.4) is 0 Å². The average Bonchev–Trinajstić information content (AvgIpc) is 3.16. The van der Waals surface area contributed by atoms with Crippen LogP contribution in [0.2, 0.25) is 0 Å². The second-order valence-corrected chi connectivity index (χ2v) is 9.63. The third kappa shape index (κ3) is 5.43. The lowest BCUT2D eigenvalue weighted by atomic mass is 9.92. The maximum Gasteiger partial charge on any atom is 0.324 e. The fraction of sp³-hybridized carbons (Fsp3) is 0.632. The van der Waals surface area contributed by atoms with E-state index in [-0.39, 0.29) is 10.8 Å². The molecule has 1 aliphatic rings. The SMILES string of the molecule is CC(C)c1noc(N2CCC(CCCOc3ccc(S(C)(=O)=O)cn3)CC2)n1. The number of pyridine rings is 1. The molecule has 1 fully saturated rings. The molecule has 1 saturated heterocycles. The third-order valence-corrected chi connectivity index (χ3v) is 6.07. The zero-order valence-electron chi connectivity index (χ0n) is 16.7. The van der Waals surface area contributed by atoms with Crippen molar-refractivity contribution in [3.8, 4) is 5.88 Å². The first-order valence-electron chi connectivity index (χ1n) is 9.70. The monoisotopic (exact) mass is 408 g/mol. The van der Waals surface area contributed by atoms with Gasteiger partial charge in [-0.05, 0) is 37.7 Å². The Morgan fingerprint density at radius 3 is 2.61 bits per heavy atom. The van der Waals surface area contributed by atoms with Gasteiger partial charge in [-0.15, -0.1) is 0 Å². The number of hydrogen-bond acceptors (Lipinski definition) is 8. The van der Waals surface area contributed by atoms with Crippen LogP contribution in [0.1, 0.15) is 51.3 Å². The Labute approximate surface area is 166 Å². The molecule has 0 N–H and O–H groups in total. The molecule has 0 aliphatic carbocycles. The highest BCUT2D eigenvalue weighted by Gasteiger charge is 2.23. The van der Waals surface area contributed by atoms with Gasteiger partial charge in [0, 0.05) is 37.5 Å². The third-order valence-electron chi connectivity index (χ3n) is 4.98. The maximum atomic E-state index is 11.4. The quantitative estimate of drug-likeness (QED) is 0.615. The van der Waals surface area contributed by atoms with Gasteiger partial charge in [-0.25, -0.2) is 13.4 Å². The summed E-state index contributed by atoms with van der Waals surface area (Å²) >= 11 is 0. The van der Waals surface area contributed by atoms with Gasteiger partial charge in [0.25, 0.3) is 0 Å². The minimum absolute atomic E-state index is 0.202. The molecule has 0 unspecified atom stereocenters. The Balaban J connectivity index is 1.36. The maximum absolute atomic E-state index is 11.4. The highest BCUT2D eigenvalue weighted by Crippen LogP contribution is 2.26. The fourth-order valence-corrected chi connectivity index (χ4v) is 3.78. The molecule has 154 valence electrons. The number of anilines is 1. The molecule has 3 rings (SSSR count). The van der Waals surface area contributed by atoms with Crippen molar-refractivity contribution in [1.82, 2.24) is 15.1 Å². The first-order valence-corrected chi connectivity index (χ1v) is 11.6. The molecule has 2 aromatic rings.